The first-order chi connectivity index (χ1) is 9.95. The quantitative estimate of drug-likeness (QED) is 0.645. The van der Waals surface area contributed by atoms with E-state index in [1.807, 2.05) is 0 Å². The van der Waals surface area contributed by atoms with Crippen molar-refractivity contribution in [2.24, 2.45) is 0 Å². The summed E-state index contributed by atoms with van der Waals surface area (Å²) >= 11 is 0. The topological polar surface area (TPSA) is 90.2 Å². The number of phenols is 3. The SMILES string of the molecule is Cc1ccc([C@H]2Oc3cc(O)cc(O)c3C[C@@H]2O)cc1O. The summed E-state index contributed by atoms with van der Waals surface area (Å²) in [6.07, 6.45) is -1.30. The molecule has 4 N–H and O–H groups in total. The molecule has 1 aliphatic heterocycles. The summed E-state index contributed by atoms with van der Waals surface area (Å²) in [4.78, 5) is 0. The minimum absolute atomic E-state index is 0.103. The molecule has 0 spiro atoms. The minimum Gasteiger partial charge on any atom is -0.508 e. The molecule has 5 nitrogen and oxygen atoms in total. The monoisotopic (exact) mass is 288 g/mol. The Balaban J connectivity index is 2.00. The molecule has 0 bridgehead atoms. The molecule has 0 aliphatic carbocycles. The Morgan fingerprint density at radius 2 is 1.81 bits per heavy atom. The maximum absolute atomic E-state index is 10.2. The van der Waals surface area contributed by atoms with Crippen LogP contribution in [0, 0.1) is 6.92 Å². The van der Waals surface area contributed by atoms with Gasteiger partial charge in [-0.25, -0.2) is 0 Å². The molecule has 21 heavy (non-hydrogen) atoms. The van der Waals surface area contributed by atoms with Crippen molar-refractivity contribution >= 4 is 0 Å². The third-order valence-corrected chi connectivity index (χ3v) is 3.75. The molecule has 1 aliphatic rings. The van der Waals surface area contributed by atoms with Crippen molar-refractivity contribution < 1.29 is 25.2 Å². The van der Waals surface area contributed by atoms with Crippen molar-refractivity contribution in [3.63, 3.8) is 0 Å². The van der Waals surface area contributed by atoms with Crippen molar-refractivity contribution in [3.05, 3.63) is 47.0 Å². The number of rotatable bonds is 1. The highest BCUT2D eigenvalue weighted by atomic mass is 16.5. The van der Waals surface area contributed by atoms with Gasteiger partial charge in [0.05, 0.1) is 6.10 Å². The van der Waals surface area contributed by atoms with E-state index in [1.165, 1.54) is 12.1 Å². The van der Waals surface area contributed by atoms with Crippen LogP contribution in [0.2, 0.25) is 0 Å². The maximum atomic E-state index is 10.2. The first-order valence-electron chi connectivity index (χ1n) is 6.65. The predicted molar refractivity (Wildman–Crippen MR) is 75.7 cm³/mol. The average Bonchev–Trinajstić information content (AvgIpc) is 2.42. The number of hydrogen-bond acceptors (Lipinski definition) is 5. The van der Waals surface area contributed by atoms with Gasteiger partial charge in [-0.3, -0.25) is 0 Å². The zero-order valence-corrected chi connectivity index (χ0v) is 11.4. The fraction of sp³-hybridized carbons (Fsp3) is 0.250. The van der Waals surface area contributed by atoms with Gasteiger partial charge in [0, 0.05) is 24.1 Å². The number of aromatic hydroxyl groups is 3. The van der Waals surface area contributed by atoms with Crippen LogP contribution in [-0.2, 0) is 6.42 Å². The Hall–Kier alpha value is -2.40. The molecular weight excluding hydrogens is 272 g/mol. The summed E-state index contributed by atoms with van der Waals surface area (Å²) < 4.78 is 5.71. The minimum atomic E-state index is -0.852. The molecule has 0 fully saturated rings. The fourth-order valence-corrected chi connectivity index (χ4v) is 2.55. The van der Waals surface area contributed by atoms with Crippen LogP contribution in [0.25, 0.3) is 0 Å². The van der Waals surface area contributed by atoms with E-state index in [0.717, 1.165) is 5.56 Å². The molecule has 0 amide bonds. The highest BCUT2D eigenvalue weighted by Crippen LogP contribution is 2.42. The number of aliphatic hydroxyl groups is 1. The van der Waals surface area contributed by atoms with E-state index in [0.29, 0.717) is 16.9 Å². The summed E-state index contributed by atoms with van der Waals surface area (Å²) in [5.41, 5.74) is 1.84. The van der Waals surface area contributed by atoms with Crippen molar-refractivity contribution in [1.82, 2.24) is 0 Å². The molecule has 2 aromatic carbocycles. The van der Waals surface area contributed by atoms with Gasteiger partial charge in [0.15, 0.2) is 0 Å². The van der Waals surface area contributed by atoms with Crippen molar-refractivity contribution in [2.75, 3.05) is 0 Å². The van der Waals surface area contributed by atoms with Crippen molar-refractivity contribution in [3.8, 4) is 23.0 Å². The van der Waals surface area contributed by atoms with Crippen LogP contribution in [0.3, 0.4) is 0 Å². The third-order valence-electron chi connectivity index (χ3n) is 3.75. The van der Waals surface area contributed by atoms with E-state index < -0.39 is 12.2 Å². The molecular formula is C16H16O5. The number of ether oxygens (including phenoxy) is 1. The number of fused-ring (bicyclic) bond motifs is 1. The lowest BCUT2D eigenvalue weighted by molar-refractivity contribution is 0.0197. The van der Waals surface area contributed by atoms with Crippen LogP contribution in [0.5, 0.6) is 23.0 Å². The second-order valence-corrected chi connectivity index (χ2v) is 5.30. The molecule has 110 valence electrons. The largest absolute Gasteiger partial charge is 0.508 e. The molecule has 0 aromatic heterocycles. The van der Waals surface area contributed by atoms with E-state index >= 15 is 0 Å². The first kappa shape index (κ1) is 13.6. The summed E-state index contributed by atoms with van der Waals surface area (Å²) in [6.45, 7) is 1.78. The van der Waals surface area contributed by atoms with Crippen LogP contribution in [0.1, 0.15) is 22.8 Å². The number of phenolic OH excluding ortho intramolecular Hbond substituents is 3. The molecule has 3 rings (SSSR count). The Labute approximate surface area is 121 Å². The lowest BCUT2D eigenvalue weighted by Crippen LogP contribution is -2.30. The second-order valence-electron chi connectivity index (χ2n) is 5.30. The summed E-state index contributed by atoms with van der Waals surface area (Å²) in [5, 5.41) is 39.4. The Bertz CT molecular complexity index is 695. The van der Waals surface area contributed by atoms with E-state index in [9.17, 15) is 20.4 Å². The van der Waals surface area contributed by atoms with Gasteiger partial charge >= 0.3 is 0 Å². The van der Waals surface area contributed by atoms with Gasteiger partial charge in [-0.05, 0) is 24.1 Å². The van der Waals surface area contributed by atoms with Gasteiger partial charge in [-0.2, -0.15) is 0 Å². The fourth-order valence-electron chi connectivity index (χ4n) is 2.55. The van der Waals surface area contributed by atoms with Crippen LogP contribution in [0.4, 0.5) is 0 Å². The second kappa shape index (κ2) is 4.86. The normalized spacial score (nSPS) is 20.7. The van der Waals surface area contributed by atoms with Gasteiger partial charge < -0.3 is 25.2 Å². The van der Waals surface area contributed by atoms with Crippen LogP contribution < -0.4 is 4.74 Å². The molecule has 0 saturated carbocycles. The predicted octanol–water partition coefficient (Wildman–Crippen LogP) is 2.15. The lowest BCUT2D eigenvalue weighted by atomic mass is 9.93. The number of aryl methyl sites for hydroxylation is 1. The molecule has 0 radical (unpaired) electrons. The van der Waals surface area contributed by atoms with Crippen LogP contribution in [0.15, 0.2) is 30.3 Å². The zero-order valence-electron chi connectivity index (χ0n) is 11.4. The highest BCUT2D eigenvalue weighted by Gasteiger charge is 2.32. The van der Waals surface area contributed by atoms with Gasteiger partial charge in [0.2, 0.25) is 0 Å². The van der Waals surface area contributed by atoms with Crippen LogP contribution in [-0.4, -0.2) is 26.5 Å². The number of benzene rings is 2. The highest BCUT2D eigenvalue weighted by molar-refractivity contribution is 5.51. The summed E-state index contributed by atoms with van der Waals surface area (Å²) in [6, 6.07) is 7.69. The Kier molecular flexibility index (Phi) is 3.14. The van der Waals surface area contributed by atoms with Crippen molar-refractivity contribution in [1.29, 1.82) is 0 Å². The zero-order chi connectivity index (χ0) is 15.1. The smallest absolute Gasteiger partial charge is 0.150 e. The standard InChI is InChI=1S/C16H16O5/c1-8-2-3-9(4-12(8)18)16-14(20)7-11-13(19)5-10(17)6-15(11)21-16/h2-6,14,16-20H,7H2,1H3/t14-,16+/m0/s1. The molecule has 1 heterocycles. The molecule has 2 atom stereocenters. The first-order valence-corrected chi connectivity index (χ1v) is 6.65. The maximum Gasteiger partial charge on any atom is 0.150 e. The summed E-state index contributed by atoms with van der Waals surface area (Å²) in [7, 11) is 0. The molecule has 2 aromatic rings. The molecule has 5 heteroatoms. The number of hydrogen-bond donors (Lipinski definition) is 4. The van der Waals surface area contributed by atoms with E-state index in [4.69, 9.17) is 4.74 Å². The van der Waals surface area contributed by atoms with E-state index in [1.54, 1.807) is 25.1 Å². The summed E-state index contributed by atoms with van der Waals surface area (Å²) in [5.74, 6) is 0.262. The molecule has 0 saturated heterocycles. The van der Waals surface area contributed by atoms with Gasteiger partial charge in [-0.15, -0.1) is 0 Å². The van der Waals surface area contributed by atoms with Gasteiger partial charge in [0.25, 0.3) is 0 Å². The van der Waals surface area contributed by atoms with Gasteiger partial charge in [0.1, 0.15) is 29.1 Å². The van der Waals surface area contributed by atoms with Gasteiger partial charge in [-0.1, -0.05) is 12.1 Å². The van der Waals surface area contributed by atoms with Crippen molar-refractivity contribution in [2.45, 2.75) is 25.6 Å². The number of aliphatic hydroxyl groups excluding tert-OH is 1. The Morgan fingerprint density at radius 3 is 2.52 bits per heavy atom. The Morgan fingerprint density at radius 1 is 1.05 bits per heavy atom. The third kappa shape index (κ3) is 2.36. The van der Waals surface area contributed by atoms with Crippen LogP contribution >= 0.6 is 0 Å². The van der Waals surface area contributed by atoms with E-state index in [-0.39, 0.29) is 23.7 Å². The molecule has 0 unspecified atom stereocenters. The average molecular weight is 288 g/mol. The van der Waals surface area contributed by atoms with E-state index in [2.05, 4.69) is 0 Å². The lowest BCUT2D eigenvalue weighted by Gasteiger charge is -2.31.